The first-order chi connectivity index (χ1) is 30.7. The first-order valence-electron chi connectivity index (χ1n) is 21.0. The van der Waals surface area contributed by atoms with E-state index in [0.717, 1.165) is 90.1 Å². The largest absolute Gasteiger partial charge is 0.456 e. The lowest BCUT2D eigenvalue weighted by molar-refractivity contribution is 0.480. The molecule has 0 radical (unpaired) electrons. The van der Waals surface area contributed by atoms with Crippen LogP contribution in [0.2, 0.25) is 0 Å². The molecular weight excluding hydrogens is 757 g/mol. The Morgan fingerprint density at radius 1 is 0.226 bits per heavy atom. The second-order valence-electron chi connectivity index (χ2n) is 15.7. The predicted molar refractivity (Wildman–Crippen MR) is 255 cm³/mol. The summed E-state index contributed by atoms with van der Waals surface area (Å²) in [6, 6.07) is 81.3. The Morgan fingerprint density at radius 3 is 0.919 bits per heavy atom. The molecule has 292 valence electrons. The molecule has 0 aromatic heterocycles. The van der Waals surface area contributed by atoms with Crippen molar-refractivity contribution in [2.75, 3.05) is 9.80 Å². The number of benzene rings is 10. The molecule has 0 saturated carbocycles. The normalized spacial score (nSPS) is 11.8. The van der Waals surface area contributed by atoms with E-state index in [1.54, 1.807) is 0 Å². The van der Waals surface area contributed by atoms with Crippen LogP contribution in [0.1, 0.15) is 0 Å². The van der Waals surface area contributed by atoms with Gasteiger partial charge in [-0.25, -0.2) is 0 Å². The molecule has 4 nitrogen and oxygen atoms in total. The molecule has 0 amide bonds. The lowest BCUT2D eigenvalue weighted by Crippen LogP contribution is -2.11. The summed E-state index contributed by atoms with van der Waals surface area (Å²) in [5.41, 5.74) is 15.4. The van der Waals surface area contributed by atoms with Crippen LogP contribution in [0.5, 0.6) is 23.0 Å². The van der Waals surface area contributed by atoms with Gasteiger partial charge in [0.2, 0.25) is 0 Å². The van der Waals surface area contributed by atoms with Gasteiger partial charge in [-0.2, -0.15) is 0 Å². The van der Waals surface area contributed by atoms with Gasteiger partial charge in [0.15, 0.2) is 0 Å². The van der Waals surface area contributed by atoms with E-state index in [-0.39, 0.29) is 0 Å². The molecule has 10 aromatic rings. The van der Waals surface area contributed by atoms with Crippen molar-refractivity contribution in [2.45, 2.75) is 0 Å². The number of nitrogens with zero attached hydrogens (tertiary/aromatic N) is 2. The number of ether oxygens (including phenoxy) is 2. The Morgan fingerprint density at radius 2 is 0.532 bits per heavy atom. The van der Waals surface area contributed by atoms with Crippen molar-refractivity contribution < 1.29 is 9.47 Å². The van der Waals surface area contributed by atoms with Crippen LogP contribution in [-0.4, -0.2) is 0 Å². The van der Waals surface area contributed by atoms with Crippen LogP contribution in [0, 0.1) is 0 Å². The van der Waals surface area contributed by atoms with Crippen molar-refractivity contribution in [3.8, 4) is 67.5 Å². The monoisotopic (exact) mass is 794 g/mol. The number of para-hydroxylation sites is 2. The molecule has 12 rings (SSSR count). The van der Waals surface area contributed by atoms with Crippen LogP contribution in [0.4, 0.5) is 34.1 Å². The second kappa shape index (κ2) is 14.7. The van der Waals surface area contributed by atoms with Gasteiger partial charge in [0.1, 0.15) is 23.0 Å². The van der Waals surface area contributed by atoms with E-state index in [2.05, 4.69) is 228 Å². The summed E-state index contributed by atoms with van der Waals surface area (Å²) in [5.74, 6) is 3.28. The SMILES string of the molecule is c1ccc(-c2ccc(N(c3ccc(-c4ccccc4)cc3)c3ccc4c(c3)Oc3ccc5c6c(ccc-4c36)Oc3cc(N(c4ccccc4)c4ccccc4)ccc3-5)cc2)cc1. The molecule has 0 N–H and O–H groups in total. The molecule has 0 unspecified atom stereocenters. The zero-order valence-electron chi connectivity index (χ0n) is 33.7. The average molecular weight is 795 g/mol. The van der Waals surface area contributed by atoms with Crippen molar-refractivity contribution in [1.82, 2.24) is 0 Å². The Kier molecular flexibility index (Phi) is 8.46. The summed E-state index contributed by atoms with van der Waals surface area (Å²) in [5, 5.41) is 2.13. The maximum absolute atomic E-state index is 6.89. The van der Waals surface area contributed by atoms with Gasteiger partial charge in [0, 0.05) is 68.2 Å². The highest BCUT2D eigenvalue weighted by Crippen LogP contribution is 2.56. The number of hydrogen-bond acceptors (Lipinski definition) is 4. The molecule has 0 spiro atoms. The summed E-state index contributed by atoms with van der Waals surface area (Å²) in [6.45, 7) is 0. The van der Waals surface area contributed by atoms with Crippen molar-refractivity contribution in [3.63, 3.8) is 0 Å². The average Bonchev–Trinajstić information content (AvgIpc) is 3.34. The van der Waals surface area contributed by atoms with E-state index in [1.165, 1.54) is 22.3 Å². The standard InChI is InChI=1S/C58H38N2O2/c1-5-13-39(14-6-1)41-21-25-45(26-22-41)60(46-27-23-42(24-28-46)40-15-7-2-8-16-40)48-30-32-50-52-34-35-53-57-51(33-36-54(58(52)57)62-56(50)38-48)49-31-29-47(37-55(49)61-53)59(43-17-9-3-10-18-43)44-19-11-4-12-20-44/h1-38H. The number of fused-ring (bicyclic) bond motifs is 4. The van der Waals surface area contributed by atoms with Crippen LogP contribution in [0.25, 0.3) is 55.3 Å². The highest BCUT2D eigenvalue weighted by atomic mass is 16.5. The van der Waals surface area contributed by atoms with Gasteiger partial charge in [-0.3, -0.25) is 0 Å². The maximum atomic E-state index is 6.89. The zero-order valence-corrected chi connectivity index (χ0v) is 33.7. The Hall–Kier alpha value is -8.34. The topological polar surface area (TPSA) is 24.9 Å². The van der Waals surface area contributed by atoms with Crippen LogP contribution >= 0.6 is 0 Å². The molecule has 4 heteroatoms. The molecule has 0 atom stereocenters. The Bertz CT molecular complexity index is 3140. The Balaban J connectivity index is 0.929. The van der Waals surface area contributed by atoms with Crippen LogP contribution < -0.4 is 19.3 Å². The van der Waals surface area contributed by atoms with Crippen LogP contribution in [-0.2, 0) is 0 Å². The number of hydrogen-bond donors (Lipinski definition) is 0. The van der Waals surface area contributed by atoms with Gasteiger partial charge in [-0.1, -0.05) is 121 Å². The van der Waals surface area contributed by atoms with E-state index >= 15 is 0 Å². The van der Waals surface area contributed by atoms with E-state index in [1.807, 2.05) is 12.1 Å². The highest BCUT2D eigenvalue weighted by Gasteiger charge is 2.29. The summed E-state index contributed by atoms with van der Waals surface area (Å²) in [4.78, 5) is 4.57. The maximum Gasteiger partial charge on any atom is 0.137 e. The summed E-state index contributed by atoms with van der Waals surface area (Å²) >= 11 is 0. The molecular formula is C58H38N2O2. The molecule has 0 bridgehead atoms. The summed E-state index contributed by atoms with van der Waals surface area (Å²) in [7, 11) is 0. The molecule has 2 heterocycles. The van der Waals surface area contributed by atoms with Crippen LogP contribution in [0.3, 0.4) is 0 Å². The van der Waals surface area contributed by atoms with Crippen molar-refractivity contribution in [3.05, 3.63) is 231 Å². The third-order valence-corrected chi connectivity index (χ3v) is 12.0. The molecule has 10 aromatic carbocycles. The van der Waals surface area contributed by atoms with E-state index in [0.29, 0.717) is 0 Å². The highest BCUT2D eigenvalue weighted by molar-refractivity contribution is 6.14. The summed E-state index contributed by atoms with van der Waals surface area (Å²) < 4.78 is 13.7. The summed E-state index contributed by atoms with van der Waals surface area (Å²) in [6.07, 6.45) is 0. The fraction of sp³-hybridized carbons (Fsp3) is 0. The number of rotatable bonds is 8. The zero-order chi connectivity index (χ0) is 41.0. The van der Waals surface area contributed by atoms with Crippen molar-refractivity contribution >= 4 is 44.9 Å². The van der Waals surface area contributed by atoms with Gasteiger partial charge >= 0.3 is 0 Å². The van der Waals surface area contributed by atoms with Gasteiger partial charge in [-0.15, -0.1) is 0 Å². The molecule has 0 aliphatic carbocycles. The first kappa shape index (κ1) is 35.6. The lowest BCUT2D eigenvalue weighted by atomic mass is 9.88. The fourth-order valence-corrected chi connectivity index (χ4v) is 9.12. The molecule has 62 heavy (non-hydrogen) atoms. The minimum atomic E-state index is 0.813. The number of anilines is 6. The van der Waals surface area contributed by atoms with Gasteiger partial charge < -0.3 is 19.3 Å². The predicted octanol–water partition coefficient (Wildman–Crippen LogP) is 16.7. The quantitative estimate of drug-likeness (QED) is 0.153. The van der Waals surface area contributed by atoms with E-state index < -0.39 is 0 Å². The minimum Gasteiger partial charge on any atom is -0.456 e. The van der Waals surface area contributed by atoms with Crippen molar-refractivity contribution in [2.24, 2.45) is 0 Å². The third kappa shape index (κ3) is 6.08. The molecule has 2 aliphatic rings. The fourth-order valence-electron chi connectivity index (χ4n) is 9.12. The molecule has 0 fully saturated rings. The first-order valence-corrected chi connectivity index (χ1v) is 21.0. The van der Waals surface area contributed by atoms with Crippen LogP contribution in [0.15, 0.2) is 231 Å². The molecule has 2 aliphatic heterocycles. The van der Waals surface area contributed by atoms with E-state index in [4.69, 9.17) is 9.47 Å². The van der Waals surface area contributed by atoms with Gasteiger partial charge in [0.25, 0.3) is 0 Å². The van der Waals surface area contributed by atoms with Crippen molar-refractivity contribution in [1.29, 1.82) is 0 Å². The smallest absolute Gasteiger partial charge is 0.137 e. The Labute approximate surface area is 360 Å². The van der Waals surface area contributed by atoms with Gasteiger partial charge in [-0.05, 0) is 130 Å². The second-order valence-corrected chi connectivity index (χ2v) is 15.7. The molecule has 0 saturated heterocycles. The minimum absolute atomic E-state index is 0.813. The van der Waals surface area contributed by atoms with E-state index in [9.17, 15) is 0 Å². The third-order valence-electron chi connectivity index (χ3n) is 12.0. The van der Waals surface area contributed by atoms with Gasteiger partial charge in [0.05, 0.1) is 0 Å². The lowest BCUT2D eigenvalue weighted by Gasteiger charge is -2.30.